The Labute approximate surface area is 134 Å². The van der Waals surface area contributed by atoms with Crippen LogP contribution < -0.4 is 5.32 Å². The number of hydrogen-bond acceptors (Lipinski definition) is 4. The first-order valence-corrected chi connectivity index (χ1v) is 8.16. The summed E-state index contributed by atoms with van der Waals surface area (Å²) in [7, 11) is 1.27. The number of rotatable bonds is 7. The fourth-order valence-electron chi connectivity index (χ4n) is 1.63. The van der Waals surface area contributed by atoms with E-state index < -0.39 is 23.7 Å². The number of thioether (sulfide) groups is 1. The maximum absolute atomic E-state index is 13.6. The molecule has 22 heavy (non-hydrogen) atoms. The second kappa shape index (κ2) is 8.78. The molecule has 0 saturated carbocycles. The van der Waals surface area contributed by atoms with Gasteiger partial charge in [0.25, 0.3) is 5.91 Å². The normalized spacial score (nSPS) is 13.5. The average molecular weight is 327 g/mol. The molecular formula is C16H22FNO3S. The van der Waals surface area contributed by atoms with Gasteiger partial charge in [-0.1, -0.05) is 32.9 Å². The van der Waals surface area contributed by atoms with Crippen molar-refractivity contribution in [3.05, 3.63) is 35.6 Å². The largest absolute Gasteiger partial charge is 0.467 e. The van der Waals surface area contributed by atoms with Gasteiger partial charge in [-0.05, 0) is 18.1 Å². The third kappa shape index (κ3) is 5.33. The SMILES string of the molecule is COC(=O)C(CSC(C)C(C)C)NC(=O)c1ccccc1F. The molecule has 0 saturated heterocycles. The van der Waals surface area contributed by atoms with E-state index in [1.807, 2.05) is 0 Å². The zero-order chi connectivity index (χ0) is 16.7. The molecule has 122 valence electrons. The van der Waals surface area contributed by atoms with E-state index in [0.717, 1.165) is 0 Å². The smallest absolute Gasteiger partial charge is 0.329 e. The van der Waals surface area contributed by atoms with Gasteiger partial charge < -0.3 is 10.1 Å². The Hall–Kier alpha value is -1.56. The van der Waals surface area contributed by atoms with Gasteiger partial charge >= 0.3 is 5.97 Å². The minimum Gasteiger partial charge on any atom is -0.467 e. The van der Waals surface area contributed by atoms with Crippen LogP contribution in [0.2, 0.25) is 0 Å². The van der Waals surface area contributed by atoms with Crippen LogP contribution in [-0.4, -0.2) is 36.0 Å². The summed E-state index contributed by atoms with van der Waals surface area (Å²) in [4.78, 5) is 23.9. The molecule has 0 aliphatic carbocycles. The number of methoxy groups -OCH3 is 1. The van der Waals surface area contributed by atoms with Gasteiger partial charge in [-0.25, -0.2) is 9.18 Å². The number of carbonyl (C=O) groups is 2. The topological polar surface area (TPSA) is 55.4 Å². The molecule has 4 nitrogen and oxygen atoms in total. The lowest BCUT2D eigenvalue weighted by Gasteiger charge is -2.20. The molecule has 0 aromatic heterocycles. The molecule has 2 unspecified atom stereocenters. The summed E-state index contributed by atoms with van der Waals surface area (Å²) in [5, 5.41) is 2.88. The van der Waals surface area contributed by atoms with E-state index in [2.05, 4.69) is 26.1 Å². The molecule has 1 amide bonds. The van der Waals surface area contributed by atoms with E-state index in [9.17, 15) is 14.0 Å². The molecule has 6 heteroatoms. The standard InChI is InChI=1S/C16H22FNO3S/c1-10(2)11(3)22-9-14(16(20)21-4)18-15(19)12-7-5-6-8-13(12)17/h5-8,10-11,14H,9H2,1-4H3,(H,18,19). The summed E-state index contributed by atoms with van der Waals surface area (Å²) in [5.74, 6) is -0.941. The van der Waals surface area contributed by atoms with Crippen molar-refractivity contribution >= 4 is 23.6 Å². The zero-order valence-electron chi connectivity index (χ0n) is 13.3. The van der Waals surface area contributed by atoms with E-state index >= 15 is 0 Å². The molecule has 0 fully saturated rings. The van der Waals surface area contributed by atoms with E-state index in [1.54, 1.807) is 17.8 Å². The Morgan fingerprint density at radius 2 is 1.91 bits per heavy atom. The van der Waals surface area contributed by atoms with Crippen molar-refractivity contribution in [2.75, 3.05) is 12.9 Å². The number of halogens is 1. The third-order valence-electron chi connectivity index (χ3n) is 3.37. The van der Waals surface area contributed by atoms with E-state index in [1.165, 1.54) is 25.3 Å². The van der Waals surface area contributed by atoms with Crippen LogP contribution in [0.25, 0.3) is 0 Å². The van der Waals surface area contributed by atoms with Crippen molar-refractivity contribution in [1.29, 1.82) is 0 Å². The molecule has 0 heterocycles. The Balaban J connectivity index is 2.75. The summed E-state index contributed by atoms with van der Waals surface area (Å²) < 4.78 is 18.3. The van der Waals surface area contributed by atoms with Crippen molar-refractivity contribution < 1.29 is 18.7 Å². The number of amides is 1. The molecule has 0 spiro atoms. The Morgan fingerprint density at radius 3 is 2.45 bits per heavy atom. The van der Waals surface area contributed by atoms with Crippen LogP contribution in [0.15, 0.2) is 24.3 Å². The van der Waals surface area contributed by atoms with Crippen molar-refractivity contribution in [2.45, 2.75) is 32.1 Å². The van der Waals surface area contributed by atoms with Crippen LogP contribution >= 0.6 is 11.8 Å². The van der Waals surface area contributed by atoms with Crippen LogP contribution in [0.1, 0.15) is 31.1 Å². The number of ether oxygens (including phenoxy) is 1. The van der Waals surface area contributed by atoms with E-state index in [-0.39, 0.29) is 5.56 Å². The van der Waals surface area contributed by atoms with Crippen LogP contribution in [0.5, 0.6) is 0 Å². The monoisotopic (exact) mass is 327 g/mol. The zero-order valence-corrected chi connectivity index (χ0v) is 14.1. The number of benzene rings is 1. The van der Waals surface area contributed by atoms with Crippen LogP contribution in [0.3, 0.4) is 0 Å². The highest BCUT2D eigenvalue weighted by Crippen LogP contribution is 2.20. The second-order valence-corrected chi connectivity index (χ2v) is 6.72. The molecular weight excluding hydrogens is 305 g/mol. The Kier molecular flexibility index (Phi) is 7.38. The highest BCUT2D eigenvalue weighted by molar-refractivity contribution is 7.99. The lowest BCUT2D eigenvalue weighted by Crippen LogP contribution is -2.44. The highest BCUT2D eigenvalue weighted by Gasteiger charge is 2.24. The Morgan fingerprint density at radius 1 is 1.27 bits per heavy atom. The summed E-state index contributed by atoms with van der Waals surface area (Å²) in [6.07, 6.45) is 0. The van der Waals surface area contributed by atoms with Gasteiger partial charge in [-0.3, -0.25) is 4.79 Å². The van der Waals surface area contributed by atoms with Crippen molar-refractivity contribution in [1.82, 2.24) is 5.32 Å². The average Bonchev–Trinajstić information content (AvgIpc) is 2.50. The highest BCUT2D eigenvalue weighted by atomic mass is 32.2. The summed E-state index contributed by atoms with van der Waals surface area (Å²) in [6.45, 7) is 6.23. The van der Waals surface area contributed by atoms with Gasteiger partial charge in [0.15, 0.2) is 0 Å². The molecule has 0 aliphatic heterocycles. The first-order chi connectivity index (χ1) is 10.4. The number of carbonyl (C=O) groups excluding carboxylic acids is 2. The molecule has 1 N–H and O–H groups in total. The van der Waals surface area contributed by atoms with Gasteiger partial charge in [-0.2, -0.15) is 11.8 Å². The predicted octanol–water partition coefficient (Wildman–Crippen LogP) is 2.87. The lowest BCUT2D eigenvalue weighted by molar-refractivity contribution is -0.142. The molecule has 2 atom stereocenters. The van der Waals surface area contributed by atoms with Crippen LogP contribution in [-0.2, 0) is 9.53 Å². The van der Waals surface area contributed by atoms with E-state index in [0.29, 0.717) is 16.9 Å². The number of esters is 1. The van der Waals surface area contributed by atoms with Gasteiger partial charge in [0.1, 0.15) is 11.9 Å². The van der Waals surface area contributed by atoms with Gasteiger partial charge in [0.2, 0.25) is 0 Å². The first-order valence-electron chi connectivity index (χ1n) is 7.11. The molecule has 0 bridgehead atoms. The maximum Gasteiger partial charge on any atom is 0.329 e. The maximum atomic E-state index is 13.6. The summed E-state index contributed by atoms with van der Waals surface area (Å²) >= 11 is 1.57. The minimum absolute atomic E-state index is 0.0849. The summed E-state index contributed by atoms with van der Waals surface area (Å²) in [6, 6.07) is 4.86. The third-order valence-corrected chi connectivity index (χ3v) is 4.97. The second-order valence-electron chi connectivity index (χ2n) is 5.31. The van der Waals surface area contributed by atoms with Gasteiger partial charge in [0.05, 0.1) is 12.7 Å². The lowest BCUT2D eigenvalue weighted by atomic mass is 10.2. The van der Waals surface area contributed by atoms with Crippen LogP contribution in [0, 0.1) is 11.7 Å². The fourth-order valence-corrected chi connectivity index (χ4v) is 2.73. The molecule has 1 aromatic rings. The fraction of sp³-hybridized carbons (Fsp3) is 0.500. The first kappa shape index (κ1) is 18.5. The molecule has 0 radical (unpaired) electrons. The van der Waals surface area contributed by atoms with Crippen LogP contribution in [0.4, 0.5) is 4.39 Å². The van der Waals surface area contributed by atoms with Gasteiger partial charge in [0, 0.05) is 11.0 Å². The van der Waals surface area contributed by atoms with Crippen molar-refractivity contribution in [2.24, 2.45) is 5.92 Å². The predicted molar refractivity (Wildman–Crippen MR) is 86.4 cm³/mol. The van der Waals surface area contributed by atoms with Gasteiger partial charge in [-0.15, -0.1) is 0 Å². The minimum atomic E-state index is -0.802. The number of nitrogens with one attached hydrogen (secondary N) is 1. The summed E-state index contributed by atoms with van der Waals surface area (Å²) in [5.41, 5.74) is -0.0849. The van der Waals surface area contributed by atoms with E-state index in [4.69, 9.17) is 4.74 Å². The molecule has 1 aromatic carbocycles. The van der Waals surface area contributed by atoms with Crippen molar-refractivity contribution in [3.8, 4) is 0 Å². The van der Waals surface area contributed by atoms with Crippen molar-refractivity contribution in [3.63, 3.8) is 0 Å². The molecule has 0 aliphatic rings. The quantitative estimate of drug-likeness (QED) is 0.783. The molecule has 1 rings (SSSR count). The number of hydrogen-bond donors (Lipinski definition) is 1. The Bertz CT molecular complexity index is 522.